The highest BCUT2D eigenvalue weighted by molar-refractivity contribution is 7.92. The molecule has 0 spiro atoms. The molecule has 0 saturated heterocycles. The van der Waals surface area contributed by atoms with Gasteiger partial charge in [0.15, 0.2) is 11.5 Å². The molecule has 0 aliphatic heterocycles. The van der Waals surface area contributed by atoms with Crippen LogP contribution in [0, 0.1) is 15.9 Å². The number of rotatable bonds is 3. The third kappa shape index (κ3) is 2.27. The molecule has 16 heavy (non-hydrogen) atoms. The van der Waals surface area contributed by atoms with Gasteiger partial charge >= 0.3 is 0 Å². The Balaban J connectivity index is 3.48. The van der Waals surface area contributed by atoms with Gasteiger partial charge in [-0.3, -0.25) is 14.4 Å². The largest absolute Gasteiger partial charge is 0.296 e. The molecular formula is C8H9FN2O4S. The molecule has 0 amide bonds. The Kier molecular flexibility index (Phi) is 3.13. The van der Waals surface area contributed by atoms with E-state index in [-0.39, 0.29) is 0 Å². The minimum absolute atomic E-state index is 0.542. The zero-order valence-corrected chi connectivity index (χ0v) is 9.36. The number of nitro benzene ring substituents is 1. The number of halogens is 1. The fourth-order valence-electron chi connectivity index (χ4n) is 1.13. The first-order valence-electron chi connectivity index (χ1n) is 4.12. The standard InChI is InChI=1S/C8H9FN2O4S/c1-10(16(2,14)15)8-6(9)4-3-5-7(8)11(12)13/h3-5H,1-2H3. The zero-order chi connectivity index (χ0) is 12.5. The maximum absolute atomic E-state index is 13.4. The van der Waals surface area contributed by atoms with Crippen LogP contribution in [0.15, 0.2) is 18.2 Å². The first-order valence-corrected chi connectivity index (χ1v) is 5.97. The van der Waals surface area contributed by atoms with Gasteiger partial charge < -0.3 is 0 Å². The molecule has 0 heterocycles. The van der Waals surface area contributed by atoms with Gasteiger partial charge in [-0.05, 0) is 6.07 Å². The van der Waals surface area contributed by atoms with Gasteiger partial charge in [0.2, 0.25) is 10.0 Å². The van der Waals surface area contributed by atoms with E-state index in [0.29, 0.717) is 4.31 Å². The van der Waals surface area contributed by atoms with E-state index in [0.717, 1.165) is 31.5 Å². The van der Waals surface area contributed by atoms with Crippen molar-refractivity contribution in [2.75, 3.05) is 17.6 Å². The van der Waals surface area contributed by atoms with Gasteiger partial charge in [0.05, 0.1) is 11.2 Å². The van der Waals surface area contributed by atoms with E-state index in [1.54, 1.807) is 0 Å². The van der Waals surface area contributed by atoms with E-state index in [1.807, 2.05) is 0 Å². The molecule has 0 saturated carbocycles. The van der Waals surface area contributed by atoms with Gasteiger partial charge in [-0.2, -0.15) is 0 Å². The first kappa shape index (κ1) is 12.4. The highest BCUT2D eigenvalue weighted by Crippen LogP contribution is 2.31. The van der Waals surface area contributed by atoms with Crippen LogP contribution in [-0.2, 0) is 10.0 Å². The van der Waals surface area contributed by atoms with Crippen LogP contribution < -0.4 is 4.31 Å². The lowest BCUT2D eigenvalue weighted by Gasteiger charge is -2.16. The number of hydrogen-bond acceptors (Lipinski definition) is 4. The number of nitro groups is 1. The number of anilines is 1. The van der Waals surface area contributed by atoms with Crippen LogP contribution in [0.1, 0.15) is 0 Å². The van der Waals surface area contributed by atoms with Crippen LogP contribution in [0.4, 0.5) is 15.8 Å². The van der Waals surface area contributed by atoms with Gasteiger partial charge in [0.1, 0.15) is 0 Å². The van der Waals surface area contributed by atoms with Gasteiger partial charge in [0.25, 0.3) is 5.69 Å². The second kappa shape index (κ2) is 4.05. The molecule has 88 valence electrons. The normalized spacial score (nSPS) is 11.2. The monoisotopic (exact) mass is 248 g/mol. The van der Waals surface area contributed by atoms with Crippen molar-refractivity contribution in [3.05, 3.63) is 34.1 Å². The van der Waals surface area contributed by atoms with E-state index in [4.69, 9.17) is 0 Å². The predicted octanol–water partition coefficient (Wildman–Crippen LogP) is 1.13. The van der Waals surface area contributed by atoms with Crippen LogP contribution in [0.25, 0.3) is 0 Å². The van der Waals surface area contributed by atoms with Crippen molar-refractivity contribution in [3.63, 3.8) is 0 Å². The molecule has 0 radical (unpaired) electrons. The van der Waals surface area contributed by atoms with Crippen molar-refractivity contribution in [1.82, 2.24) is 0 Å². The molecule has 1 aromatic carbocycles. The van der Waals surface area contributed by atoms with Crippen molar-refractivity contribution < 1.29 is 17.7 Å². The Bertz CT molecular complexity index is 529. The minimum Gasteiger partial charge on any atom is -0.264 e. The van der Waals surface area contributed by atoms with Crippen molar-refractivity contribution >= 4 is 21.4 Å². The summed E-state index contributed by atoms with van der Waals surface area (Å²) in [4.78, 5) is 9.79. The summed E-state index contributed by atoms with van der Waals surface area (Å²) in [7, 11) is -2.69. The average Bonchev–Trinajstić information content (AvgIpc) is 2.14. The first-order chi connectivity index (χ1) is 7.25. The lowest BCUT2D eigenvalue weighted by molar-refractivity contribution is -0.384. The molecule has 0 aromatic heterocycles. The van der Waals surface area contributed by atoms with E-state index in [1.165, 1.54) is 0 Å². The summed E-state index contributed by atoms with van der Waals surface area (Å²) < 4.78 is 36.3. The van der Waals surface area contributed by atoms with Crippen LogP contribution in [0.5, 0.6) is 0 Å². The number of nitrogens with zero attached hydrogens (tertiary/aromatic N) is 2. The molecule has 0 fully saturated rings. The van der Waals surface area contributed by atoms with Crippen molar-refractivity contribution in [1.29, 1.82) is 0 Å². The Hall–Kier alpha value is -1.70. The molecule has 6 nitrogen and oxygen atoms in total. The fraction of sp³-hybridized carbons (Fsp3) is 0.250. The Morgan fingerprint density at radius 3 is 2.44 bits per heavy atom. The molecule has 1 rings (SSSR count). The van der Waals surface area contributed by atoms with Crippen molar-refractivity contribution in [3.8, 4) is 0 Å². The number of benzene rings is 1. The van der Waals surface area contributed by atoms with Crippen LogP contribution in [0.2, 0.25) is 0 Å². The third-order valence-electron chi connectivity index (χ3n) is 1.97. The highest BCUT2D eigenvalue weighted by Gasteiger charge is 2.26. The van der Waals surface area contributed by atoms with Gasteiger partial charge in [-0.25, -0.2) is 12.8 Å². The van der Waals surface area contributed by atoms with Gasteiger partial charge in [0, 0.05) is 13.1 Å². The van der Waals surface area contributed by atoms with Gasteiger partial charge in [-0.15, -0.1) is 0 Å². The topological polar surface area (TPSA) is 80.5 Å². The average molecular weight is 248 g/mol. The summed E-state index contributed by atoms with van der Waals surface area (Å²) in [5.74, 6) is -0.956. The zero-order valence-electron chi connectivity index (χ0n) is 8.55. The molecule has 0 unspecified atom stereocenters. The van der Waals surface area contributed by atoms with Crippen LogP contribution >= 0.6 is 0 Å². The quantitative estimate of drug-likeness (QED) is 0.593. The highest BCUT2D eigenvalue weighted by atomic mass is 32.2. The lowest BCUT2D eigenvalue weighted by atomic mass is 10.2. The molecule has 0 N–H and O–H groups in total. The molecular weight excluding hydrogens is 239 g/mol. The minimum atomic E-state index is -3.75. The predicted molar refractivity (Wildman–Crippen MR) is 56.3 cm³/mol. The SMILES string of the molecule is CN(c1c(F)cccc1[N+](=O)[O-])S(C)(=O)=O. The smallest absolute Gasteiger partial charge is 0.264 e. The molecule has 1 aromatic rings. The number of sulfonamides is 1. The Morgan fingerprint density at radius 2 is 2.00 bits per heavy atom. The van der Waals surface area contributed by atoms with Crippen molar-refractivity contribution in [2.45, 2.75) is 0 Å². The van der Waals surface area contributed by atoms with E-state index in [2.05, 4.69) is 0 Å². The van der Waals surface area contributed by atoms with Crippen LogP contribution in [-0.4, -0.2) is 26.6 Å². The maximum Gasteiger partial charge on any atom is 0.296 e. The molecule has 8 heteroatoms. The lowest BCUT2D eigenvalue weighted by Crippen LogP contribution is -2.26. The Morgan fingerprint density at radius 1 is 1.44 bits per heavy atom. The molecule has 0 bridgehead atoms. The second-order valence-corrected chi connectivity index (χ2v) is 5.11. The van der Waals surface area contributed by atoms with E-state index in [9.17, 15) is 22.9 Å². The summed E-state index contributed by atoms with van der Waals surface area (Å²) >= 11 is 0. The summed E-state index contributed by atoms with van der Waals surface area (Å²) in [5.41, 5.74) is -1.15. The van der Waals surface area contributed by atoms with E-state index < -0.39 is 32.1 Å². The number of hydrogen-bond donors (Lipinski definition) is 0. The Labute approximate surface area is 91.5 Å². The second-order valence-electron chi connectivity index (χ2n) is 3.10. The molecule has 0 aliphatic rings. The third-order valence-corrected chi connectivity index (χ3v) is 3.15. The summed E-state index contributed by atoms with van der Waals surface area (Å²) in [5, 5.41) is 10.6. The van der Waals surface area contributed by atoms with Crippen molar-refractivity contribution in [2.24, 2.45) is 0 Å². The summed E-state index contributed by atoms with van der Waals surface area (Å²) in [6, 6.07) is 3.15. The van der Waals surface area contributed by atoms with E-state index >= 15 is 0 Å². The van der Waals surface area contributed by atoms with Gasteiger partial charge in [-0.1, -0.05) is 6.07 Å². The summed E-state index contributed by atoms with van der Waals surface area (Å²) in [6.45, 7) is 0. The number of para-hydroxylation sites is 1. The molecule has 0 aliphatic carbocycles. The maximum atomic E-state index is 13.4. The fourth-order valence-corrected chi connectivity index (χ4v) is 1.64. The van der Waals surface area contributed by atoms with Crippen LogP contribution in [0.3, 0.4) is 0 Å². The molecule has 0 atom stereocenters. The summed E-state index contributed by atoms with van der Waals surface area (Å²) in [6.07, 6.45) is 0.836.